The Kier molecular flexibility index (Phi) is 1.90. The van der Waals surface area contributed by atoms with Crippen molar-refractivity contribution in [3.05, 3.63) is 29.6 Å². The molecule has 0 amide bonds. The Balaban J connectivity index is 2.13. The van der Waals surface area contributed by atoms with Crippen LogP contribution in [-0.2, 0) is 5.54 Å². The molecule has 2 heteroatoms. The van der Waals surface area contributed by atoms with Crippen molar-refractivity contribution in [1.82, 2.24) is 9.88 Å². The molecular formula is C13H18N2. The van der Waals surface area contributed by atoms with Gasteiger partial charge in [-0.1, -0.05) is 6.42 Å². The lowest BCUT2D eigenvalue weighted by atomic mass is 9.95. The lowest BCUT2D eigenvalue weighted by Gasteiger charge is -2.39. The zero-order valence-corrected chi connectivity index (χ0v) is 9.53. The van der Waals surface area contributed by atoms with Gasteiger partial charge in [0, 0.05) is 24.0 Å². The lowest BCUT2D eigenvalue weighted by molar-refractivity contribution is 0.0637. The number of hydrogen-bond donors (Lipinski definition) is 0. The summed E-state index contributed by atoms with van der Waals surface area (Å²) in [5.41, 5.74) is 3.15. The van der Waals surface area contributed by atoms with Crippen LogP contribution < -0.4 is 0 Å². The van der Waals surface area contributed by atoms with E-state index in [2.05, 4.69) is 36.0 Å². The van der Waals surface area contributed by atoms with E-state index < -0.39 is 0 Å². The predicted molar refractivity (Wildman–Crippen MR) is 60.6 cm³/mol. The molecule has 1 fully saturated rings. The van der Waals surface area contributed by atoms with Gasteiger partial charge in [0.25, 0.3) is 0 Å². The topological polar surface area (TPSA) is 16.1 Å². The Morgan fingerprint density at radius 3 is 3.13 bits per heavy atom. The summed E-state index contributed by atoms with van der Waals surface area (Å²) in [5.74, 6) is 0. The van der Waals surface area contributed by atoms with E-state index in [0.717, 1.165) is 0 Å². The molecule has 0 radical (unpaired) electrons. The Hall–Kier alpha value is -0.890. The molecule has 1 unspecified atom stereocenters. The first kappa shape index (κ1) is 9.34. The van der Waals surface area contributed by atoms with Gasteiger partial charge in [0.05, 0.1) is 0 Å². The number of rotatable bonds is 0. The van der Waals surface area contributed by atoms with Crippen LogP contribution in [0.5, 0.6) is 0 Å². The third-order valence-electron chi connectivity index (χ3n) is 4.09. The smallest absolute Gasteiger partial charge is 0.0429 e. The van der Waals surface area contributed by atoms with E-state index in [9.17, 15) is 0 Å². The zero-order valence-electron chi connectivity index (χ0n) is 9.53. The second-order valence-electron chi connectivity index (χ2n) is 5.23. The van der Waals surface area contributed by atoms with Gasteiger partial charge in [-0.3, -0.25) is 9.88 Å². The minimum absolute atomic E-state index is 0.189. The third-order valence-corrected chi connectivity index (χ3v) is 4.09. The Labute approximate surface area is 91.3 Å². The van der Waals surface area contributed by atoms with Crippen LogP contribution in [0.1, 0.15) is 50.3 Å². The molecule has 1 atom stereocenters. The summed E-state index contributed by atoms with van der Waals surface area (Å²) in [6, 6.07) is 2.87. The number of aromatic nitrogens is 1. The highest BCUT2D eigenvalue weighted by Gasteiger charge is 2.44. The van der Waals surface area contributed by atoms with E-state index in [1.165, 1.54) is 36.9 Å². The monoisotopic (exact) mass is 202 g/mol. The van der Waals surface area contributed by atoms with Gasteiger partial charge in [0.1, 0.15) is 0 Å². The molecule has 2 nitrogen and oxygen atoms in total. The van der Waals surface area contributed by atoms with Gasteiger partial charge in [0.2, 0.25) is 0 Å². The fourth-order valence-corrected chi connectivity index (χ4v) is 3.29. The first-order chi connectivity index (χ1) is 7.21. The van der Waals surface area contributed by atoms with Gasteiger partial charge in [-0.05, 0) is 50.4 Å². The van der Waals surface area contributed by atoms with Crippen LogP contribution in [0.15, 0.2) is 18.5 Å². The highest BCUT2D eigenvalue weighted by Crippen LogP contribution is 2.49. The molecule has 2 aliphatic rings. The molecule has 0 aromatic carbocycles. The standard InChI is InChI=1S/C13H18N2/c1-13(2)11-9-14-7-6-10(11)12-5-3-4-8-15(12)13/h6-7,9,12H,3-5,8H2,1-2H3. The van der Waals surface area contributed by atoms with E-state index in [0.29, 0.717) is 6.04 Å². The summed E-state index contributed by atoms with van der Waals surface area (Å²) < 4.78 is 0. The maximum absolute atomic E-state index is 4.28. The summed E-state index contributed by atoms with van der Waals surface area (Å²) in [7, 11) is 0. The van der Waals surface area contributed by atoms with E-state index in [-0.39, 0.29) is 5.54 Å². The van der Waals surface area contributed by atoms with Crippen molar-refractivity contribution in [2.45, 2.75) is 44.7 Å². The maximum Gasteiger partial charge on any atom is 0.0429 e. The molecule has 1 aromatic rings. The van der Waals surface area contributed by atoms with E-state index in [1.54, 1.807) is 0 Å². The molecular weight excluding hydrogens is 184 g/mol. The van der Waals surface area contributed by atoms with Crippen molar-refractivity contribution in [1.29, 1.82) is 0 Å². The zero-order chi connectivity index (χ0) is 10.5. The largest absolute Gasteiger partial charge is 0.287 e. The lowest BCUT2D eigenvalue weighted by Crippen LogP contribution is -2.40. The number of piperidine rings is 1. The normalized spacial score (nSPS) is 28.5. The van der Waals surface area contributed by atoms with E-state index >= 15 is 0 Å². The molecule has 0 bridgehead atoms. The number of fused-ring (bicyclic) bond motifs is 3. The molecule has 1 aromatic heterocycles. The molecule has 0 aliphatic carbocycles. The molecule has 1 saturated heterocycles. The van der Waals surface area contributed by atoms with Crippen LogP contribution >= 0.6 is 0 Å². The highest BCUT2D eigenvalue weighted by molar-refractivity contribution is 5.38. The third kappa shape index (κ3) is 1.18. The molecule has 80 valence electrons. The molecule has 3 heterocycles. The van der Waals surface area contributed by atoms with E-state index in [1.807, 2.05) is 6.20 Å². The molecule has 0 saturated carbocycles. The SMILES string of the molecule is CC1(C)c2cnccc2C2CCCCN21. The molecule has 15 heavy (non-hydrogen) atoms. The van der Waals surface area contributed by atoms with Crippen LogP contribution in [0, 0.1) is 0 Å². The van der Waals surface area contributed by atoms with Crippen LogP contribution in [0.3, 0.4) is 0 Å². The first-order valence-electron chi connectivity index (χ1n) is 5.92. The van der Waals surface area contributed by atoms with E-state index in [4.69, 9.17) is 0 Å². The van der Waals surface area contributed by atoms with Crippen molar-refractivity contribution in [2.75, 3.05) is 6.54 Å². The summed E-state index contributed by atoms with van der Waals surface area (Å²) in [6.07, 6.45) is 8.04. The maximum atomic E-state index is 4.28. The number of pyridine rings is 1. The quantitative estimate of drug-likeness (QED) is 0.643. The average Bonchev–Trinajstić information content (AvgIpc) is 2.51. The molecule has 0 spiro atoms. The second-order valence-corrected chi connectivity index (χ2v) is 5.23. The Bertz CT molecular complexity index is 384. The minimum Gasteiger partial charge on any atom is -0.287 e. The second kappa shape index (κ2) is 3.05. The predicted octanol–water partition coefficient (Wildman–Crippen LogP) is 2.86. The van der Waals surface area contributed by atoms with Gasteiger partial charge in [-0.15, -0.1) is 0 Å². The first-order valence-corrected chi connectivity index (χ1v) is 5.92. The van der Waals surface area contributed by atoms with Crippen molar-refractivity contribution < 1.29 is 0 Å². The van der Waals surface area contributed by atoms with Gasteiger partial charge in [-0.2, -0.15) is 0 Å². The summed E-state index contributed by atoms with van der Waals surface area (Å²) in [6.45, 7) is 5.91. The molecule has 3 rings (SSSR count). The summed E-state index contributed by atoms with van der Waals surface area (Å²) in [4.78, 5) is 6.94. The molecule has 2 aliphatic heterocycles. The van der Waals surface area contributed by atoms with Crippen molar-refractivity contribution in [3.63, 3.8) is 0 Å². The van der Waals surface area contributed by atoms with Crippen LogP contribution in [0.2, 0.25) is 0 Å². The summed E-state index contributed by atoms with van der Waals surface area (Å²) in [5, 5.41) is 0. The minimum atomic E-state index is 0.189. The van der Waals surface area contributed by atoms with Crippen LogP contribution in [0.4, 0.5) is 0 Å². The van der Waals surface area contributed by atoms with Gasteiger partial charge in [-0.25, -0.2) is 0 Å². The highest BCUT2D eigenvalue weighted by atomic mass is 15.2. The van der Waals surface area contributed by atoms with Crippen LogP contribution in [0.25, 0.3) is 0 Å². The Morgan fingerprint density at radius 2 is 2.27 bits per heavy atom. The fourth-order valence-electron chi connectivity index (χ4n) is 3.29. The van der Waals surface area contributed by atoms with Crippen molar-refractivity contribution in [3.8, 4) is 0 Å². The Morgan fingerprint density at radius 1 is 1.40 bits per heavy atom. The van der Waals surface area contributed by atoms with Crippen molar-refractivity contribution >= 4 is 0 Å². The summed E-state index contributed by atoms with van der Waals surface area (Å²) >= 11 is 0. The van der Waals surface area contributed by atoms with Gasteiger partial charge in [0.15, 0.2) is 0 Å². The van der Waals surface area contributed by atoms with Gasteiger partial charge < -0.3 is 0 Å². The number of hydrogen-bond acceptors (Lipinski definition) is 2. The fraction of sp³-hybridized carbons (Fsp3) is 0.615. The van der Waals surface area contributed by atoms with Gasteiger partial charge >= 0.3 is 0 Å². The van der Waals surface area contributed by atoms with Crippen molar-refractivity contribution in [2.24, 2.45) is 0 Å². The molecule has 0 N–H and O–H groups in total. The van der Waals surface area contributed by atoms with Crippen LogP contribution in [-0.4, -0.2) is 16.4 Å². The average molecular weight is 202 g/mol. The number of nitrogens with zero attached hydrogens (tertiary/aromatic N) is 2.